The molecule has 0 saturated heterocycles. The number of carbonyl (C=O) groups excluding carboxylic acids is 2. The van der Waals surface area contributed by atoms with Crippen molar-refractivity contribution in [2.75, 3.05) is 17.7 Å². The fourth-order valence-corrected chi connectivity index (χ4v) is 6.26. The normalized spacial score (nSPS) is 15.8. The number of ether oxygens (including phenoxy) is 1. The lowest BCUT2D eigenvalue weighted by atomic mass is 9.88. The molecule has 0 aliphatic heterocycles. The van der Waals surface area contributed by atoms with Crippen LogP contribution in [0.3, 0.4) is 0 Å². The van der Waals surface area contributed by atoms with Gasteiger partial charge in [-0.25, -0.2) is 14.9 Å². The first kappa shape index (κ1) is 21.0. The summed E-state index contributed by atoms with van der Waals surface area (Å²) >= 11 is 2.82. The molecule has 166 valence electrons. The van der Waals surface area contributed by atoms with E-state index in [2.05, 4.69) is 27.4 Å². The Hall–Kier alpha value is -2.85. The highest BCUT2D eigenvalue weighted by Gasteiger charge is 2.29. The summed E-state index contributed by atoms with van der Waals surface area (Å²) < 4.78 is 7.19. The Bertz CT molecular complexity index is 1320. The molecule has 3 heterocycles. The molecule has 0 bridgehead atoms. The Morgan fingerprint density at radius 2 is 2.22 bits per heavy atom. The second-order valence-electron chi connectivity index (χ2n) is 7.88. The minimum Gasteiger partial charge on any atom is -0.462 e. The number of carbonyl (C=O) groups is 2. The highest BCUT2D eigenvalue weighted by molar-refractivity contribution is 7.99. The third-order valence-corrected chi connectivity index (χ3v) is 7.69. The molecule has 5 rings (SSSR count). The van der Waals surface area contributed by atoms with Crippen molar-refractivity contribution in [1.29, 1.82) is 0 Å². The third-order valence-electron chi connectivity index (χ3n) is 5.58. The number of amides is 1. The minimum absolute atomic E-state index is 0.160. The van der Waals surface area contributed by atoms with E-state index in [1.54, 1.807) is 6.92 Å². The average Bonchev–Trinajstić information content (AvgIpc) is 3.43. The Morgan fingerprint density at radius 1 is 1.38 bits per heavy atom. The number of aromatic nitrogens is 4. The second-order valence-corrected chi connectivity index (χ2v) is 9.93. The SMILES string of the molecule is CCOC(=O)c1c(NC(=O)CSc2n[nH]c3nc4ccccc4n23)sc2c1CCC(C)C2. The number of nitrogens with zero attached hydrogens (tertiary/aromatic N) is 3. The van der Waals surface area contributed by atoms with Gasteiger partial charge in [-0.2, -0.15) is 0 Å². The minimum atomic E-state index is -0.360. The van der Waals surface area contributed by atoms with Crippen molar-refractivity contribution in [3.05, 3.63) is 40.3 Å². The van der Waals surface area contributed by atoms with Gasteiger partial charge in [-0.3, -0.25) is 9.20 Å². The predicted molar refractivity (Wildman–Crippen MR) is 126 cm³/mol. The number of aromatic amines is 1. The number of nitrogens with one attached hydrogen (secondary N) is 2. The van der Waals surface area contributed by atoms with Crippen molar-refractivity contribution in [1.82, 2.24) is 19.6 Å². The van der Waals surface area contributed by atoms with E-state index in [1.165, 1.54) is 28.0 Å². The zero-order chi connectivity index (χ0) is 22.2. The number of thioether (sulfide) groups is 1. The molecular formula is C22H23N5O3S2. The van der Waals surface area contributed by atoms with Crippen LogP contribution in [0.2, 0.25) is 0 Å². The Labute approximate surface area is 192 Å². The smallest absolute Gasteiger partial charge is 0.341 e. The molecule has 2 N–H and O–H groups in total. The van der Waals surface area contributed by atoms with Gasteiger partial charge in [0.05, 0.1) is 29.0 Å². The number of imidazole rings is 1. The summed E-state index contributed by atoms with van der Waals surface area (Å²) in [6, 6.07) is 7.79. The summed E-state index contributed by atoms with van der Waals surface area (Å²) in [6.07, 6.45) is 2.80. The topological polar surface area (TPSA) is 101 Å². The first-order valence-electron chi connectivity index (χ1n) is 10.6. The van der Waals surface area contributed by atoms with Crippen molar-refractivity contribution in [2.45, 2.75) is 38.3 Å². The molecule has 10 heteroatoms. The van der Waals surface area contributed by atoms with Gasteiger partial charge in [-0.05, 0) is 49.8 Å². The van der Waals surface area contributed by atoms with Crippen molar-refractivity contribution in [3.8, 4) is 0 Å². The van der Waals surface area contributed by atoms with E-state index in [0.29, 0.717) is 34.0 Å². The molecule has 0 fully saturated rings. The van der Waals surface area contributed by atoms with Gasteiger partial charge >= 0.3 is 5.97 Å². The molecular weight excluding hydrogens is 446 g/mol. The number of esters is 1. The largest absolute Gasteiger partial charge is 0.462 e. The number of hydrogen-bond donors (Lipinski definition) is 2. The number of fused-ring (bicyclic) bond motifs is 4. The Kier molecular flexibility index (Phi) is 5.64. The molecule has 1 amide bonds. The van der Waals surface area contributed by atoms with Gasteiger partial charge in [0.15, 0.2) is 5.16 Å². The van der Waals surface area contributed by atoms with Gasteiger partial charge in [0.2, 0.25) is 11.7 Å². The summed E-state index contributed by atoms with van der Waals surface area (Å²) in [5.41, 5.74) is 3.36. The standard InChI is InChI=1S/C22H23N5O3S2/c1-3-30-20(29)18-13-9-8-12(2)10-16(13)32-19(18)24-17(28)11-31-22-26-25-21-23-14-6-4-5-7-15(14)27(21)22/h4-7,12H,3,8-11H2,1-2H3,(H,23,25)(H,24,28). The van der Waals surface area contributed by atoms with E-state index in [4.69, 9.17) is 4.74 Å². The maximum atomic E-state index is 12.8. The van der Waals surface area contributed by atoms with Gasteiger partial charge in [-0.15, -0.1) is 16.4 Å². The zero-order valence-corrected chi connectivity index (χ0v) is 19.4. The first-order valence-corrected chi connectivity index (χ1v) is 12.4. The predicted octanol–water partition coefficient (Wildman–Crippen LogP) is 4.30. The van der Waals surface area contributed by atoms with Crippen LogP contribution in [0.5, 0.6) is 0 Å². The lowest BCUT2D eigenvalue weighted by Crippen LogP contribution is -2.17. The van der Waals surface area contributed by atoms with Gasteiger partial charge in [-0.1, -0.05) is 30.8 Å². The maximum absolute atomic E-state index is 12.8. The Balaban J connectivity index is 1.35. The number of H-pyrrole nitrogens is 1. The summed E-state index contributed by atoms with van der Waals surface area (Å²) in [5, 5.41) is 11.4. The average molecular weight is 470 g/mol. The second kappa shape index (κ2) is 8.59. The fourth-order valence-electron chi connectivity index (χ4n) is 4.09. The molecule has 1 aliphatic carbocycles. The van der Waals surface area contributed by atoms with E-state index in [0.717, 1.165) is 35.9 Å². The van der Waals surface area contributed by atoms with Crippen LogP contribution in [0.25, 0.3) is 16.8 Å². The molecule has 0 spiro atoms. The quantitative estimate of drug-likeness (QED) is 0.322. The summed E-state index contributed by atoms with van der Waals surface area (Å²) in [7, 11) is 0. The maximum Gasteiger partial charge on any atom is 0.341 e. The van der Waals surface area contributed by atoms with Crippen molar-refractivity contribution in [2.24, 2.45) is 5.92 Å². The molecule has 1 aromatic carbocycles. The molecule has 3 aromatic heterocycles. The fraction of sp³-hybridized carbons (Fsp3) is 0.364. The molecule has 0 saturated carbocycles. The molecule has 1 aliphatic rings. The van der Waals surface area contributed by atoms with Gasteiger partial charge in [0.25, 0.3) is 0 Å². The summed E-state index contributed by atoms with van der Waals surface area (Å²) in [5.74, 6) is 0.823. The summed E-state index contributed by atoms with van der Waals surface area (Å²) in [4.78, 5) is 31.1. The van der Waals surface area contributed by atoms with Crippen LogP contribution in [-0.4, -0.2) is 43.8 Å². The monoisotopic (exact) mass is 469 g/mol. The lowest BCUT2D eigenvalue weighted by molar-refractivity contribution is -0.113. The van der Waals surface area contributed by atoms with Crippen molar-refractivity contribution < 1.29 is 14.3 Å². The molecule has 8 nitrogen and oxygen atoms in total. The van der Waals surface area contributed by atoms with Crippen LogP contribution < -0.4 is 5.32 Å². The third kappa shape index (κ3) is 3.77. The number of benzene rings is 1. The van der Waals surface area contributed by atoms with Crippen LogP contribution in [-0.2, 0) is 22.4 Å². The molecule has 0 radical (unpaired) electrons. The Morgan fingerprint density at radius 3 is 3.06 bits per heavy atom. The van der Waals surface area contributed by atoms with Crippen LogP contribution in [0.15, 0.2) is 29.4 Å². The number of rotatable bonds is 6. The number of thiophene rings is 1. The van der Waals surface area contributed by atoms with E-state index in [9.17, 15) is 9.59 Å². The molecule has 4 aromatic rings. The lowest BCUT2D eigenvalue weighted by Gasteiger charge is -2.18. The van der Waals surface area contributed by atoms with Gasteiger partial charge in [0, 0.05) is 4.88 Å². The van der Waals surface area contributed by atoms with Crippen molar-refractivity contribution >= 4 is 56.8 Å². The molecule has 1 unspecified atom stereocenters. The van der Waals surface area contributed by atoms with E-state index >= 15 is 0 Å². The number of hydrogen-bond acceptors (Lipinski definition) is 7. The first-order chi connectivity index (χ1) is 15.5. The number of anilines is 1. The van der Waals surface area contributed by atoms with Crippen LogP contribution in [0.1, 0.15) is 41.1 Å². The van der Waals surface area contributed by atoms with Crippen molar-refractivity contribution in [3.63, 3.8) is 0 Å². The zero-order valence-electron chi connectivity index (χ0n) is 17.8. The van der Waals surface area contributed by atoms with Crippen LogP contribution >= 0.6 is 23.1 Å². The van der Waals surface area contributed by atoms with Gasteiger partial charge in [0.1, 0.15) is 5.00 Å². The molecule has 1 atom stereocenters. The summed E-state index contributed by atoms with van der Waals surface area (Å²) in [6.45, 7) is 4.31. The van der Waals surface area contributed by atoms with Crippen LogP contribution in [0, 0.1) is 5.92 Å². The van der Waals surface area contributed by atoms with E-state index < -0.39 is 0 Å². The molecule has 32 heavy (non-hydrogen) atoms. The highest BCUT2D eigenvalue weighted by atomic mass is 32.2. The van der Waals surface area contributed by atoms with E-state index in [-0.39, 0.29) is 17.6 Å². The number of para-hydroxylation sites is 2. The van der Waals surface area contributed by atoms with E-state index in [1.807, 2.05) is 28.7 Å². The highest BCUT2D eigenvalue weighted by Crippen LogP contribution is 2.40. The van der Waals surface area contributed by atoms with Gasteiger partial charge < -0.3 is 10.1 Å². The van der Waals surface area contributed by atoms with Crippen LogP contribution in [0.4, 0.5) is 5.00 Å².